The molecule has 1 atom stereocenters. The molecule has 5 heteroatoms. The van der Waals surface area contributed by atoms with E-state index in [-0.39, 0.29) is 11.8 Å². The predicted octanol–water partition coefficient (Wildman–Crippen LogP) is 0.640. The van der Waals surface area contributed by atoms with Crippen LogP contribution in [0.25, 0.3) is 0 Å². The fourth-order valence-corrected chi connectivity index (χ4v) is 1.29. The van der Waals surface area contributed by atoms with E-state index in [1.807, 2.05) is 6.92 Å². The second-order valence-corrected chi connectivity index (χ2v) is 3.89. The quantitative estimate of drug-likeness (QED) is 0.718. The molecular weight excluding hydrogens is 218 g/mol. The predicted molar refractivity (Wildman–Crippen MR) is 66.8 cm³/mol. The number of hydrogen-bond acceptors (Lipinski definition) is 3. The van der Waals surface area contributed by atoms with Crippen LogP contribution in [0.1, 0.15) is 22.8 Å². The summed E-state index contributed by atoms with van der Waals surface area (Å²) >= 11 is 0. The Morgan fingerprint density at radius 1 is 1.35 bits per heavy atom. The van der Waals surface area contributed by atoms with Crippen LogP contribution in [0.4, 0.5) is 5.69 Å². The van der Waals surface area contributed by atoms with Gasteiger partial charge >= 0.3 is 0 Å². The van der Waals surface area contributed by atoms with E-state index in [1.165, 1.54) is 0 Å². The van der Waals surface area contributed by atoms with Crippen molar-refractivity contribution in [2.45, 2.75) is 19.9 Å². The molecule has 5 nitrogen and oxygen atoms in total. The van der Waals surface area contributed by atoms with Gasteiger partial charge in [-0.1, -0.05) is 6.07 Å². The standard InChI is InChI=1S/C12H17N3O2/c1-7-4-5-9(12(17)14-3)6-10(7)15-11(16)8(2)13/h4-6,8H,13H2,1-3H3,(H,14,17)(H,15,16)/t8-/m0/s1. The summed E-state index contributed by atoms with van der Waals surface area (Å²) in [6, 6.07) is 4.53. The van der Waals surface area contributed by atoms with Crippen LogP contribution in [0.5, 0.6) is 0 Å². The zero-order chi connectivity index (χ0) is 13.0. The van der Waals surface area contributed by atoms with Crippen LogP contribution in [0.15, 0.2) is 18.2 Å². The third kappa shape index (κ3) is 3.29. The molecule has 0 heterocycles. The zero-order valence-electron chi connectivity index (χ0n) is 10.2. The van der Waals surface area contributed by atoms with Crippen LogP contribution >= 0.6 is 0 Å². The minimum Gasteiger partial charge on any atom is -0.355 e. The molecule has 17 heavy (non-hydrogen) atoms. The molecule has 0 aliphatic heterocycles. The molecule has 0 spiro atoms. The molecular formula is C12H17N3O2. The van der Waals surface area contributed by atoms with Crippen LogP contribution in [0.3, 0.4) is 0 Å². The van der Waals surface area contributed by atoms with Crippen molar-refractivity contribution in [2.75, 3.05) is 12.4 Å². The molecule has 1 aromatic carbocycles. The van der Waals surface area contributed by atoms with E-state index in [2.05, 4.69) is 10.6 Å². The highest BCUT2D eigenvalue weighted by molar-refractivity contribution is 5.98. The molecule has 0 aliphatic carbocycles. The summed E-state index contributed by atoms with van der Waals surface area (Å²) in [7, 11) is 1.56. The van der Waals surface area contributed by atoms with Gasteiger partial charge in [-0.2, -0.15) is 0 Å². The molecule has 0 fully saturated rings. The molecule has 0 aromatic heterocycles. The lowest BCUT2D eigenvalue weighted by atomic mass is 10.1. The minimum atomic E-state index is -0.585. The van der Waals surface area contributed by atoms with Crippen molar-refractivity contribution in [1.29, 1.82) is 0 Å². The van der Waals surface area contributed by atoms with E-state index in [1.54, 1.807) is 32.2 Å². The van der Waals surface area contributed by atoms with Gasteiger partial charge in [0.1, 0.15) is 0 Å². The summed E-state index contributed by atoms with van der Waals surface area (Å²) in [5, 5.41) is 5.21. The Hall–Kier alpha value is -1.88. The van der Waals surface area contributed by atoms with Crippen LogP contribution in [-0.4, -0.2) is 24.9 Å². The zero-order valence-corrected chi connectivity index (χ0v) is 10.2. The molecule has 1 aromatic rings. The summed E-state index contributed by atoms with van der Waals surface area (Å²) in [6.07, 6.45) is 0. The second kappa shape index (κ2) is 5.45. The van der Waals surface area contributed by atoms with Crippen molar-refractivity contribution in [3.05, 3.63) is 29.3 Å². The van der Waals surface area contributed by atoms with Crippen molar-refractivity contribution in [1.82, 2.24) is 5.32 Å². The van der Waals surface area contributed by atoms with Crippen LogP contribution in [0, 0.1) is 6.92 Å². The highest BCUT2D eigenvalue weighted by Gasteiger charge is 2.11. The Kier molecular flexibility index (Phi) is 4.23. The van der Waals surface area contributed by atoms with Crippen molar-refractivity contribution in [2.24, 2.45) is 5.73 Å². The van der Waals surface area contributed by atoms with Crippen molar-refractivity contribution in [3.63, 3.8) is 0 Å². The fraction of sp³-hybridized carbons (Fsp3) is 0.333. The molecule has 0 aliphatic rings. The van der Waals surface area contributed by atoms with Gasteiger partial charge in [0.2, 0.25) is 5.91 Å². The number of hydrogen-bond donors (Lipinski definition) is 3. The summed E-state index contributed by atoms with van der Waals surface area (Å²) in [5.74, 6) is -0.469. The Morgan fingerprint density at radius 3 is 2.53 bits per heavy atom. The minimum absolute atomic E-state index is 0.193. The Morgan fingerprint density at radius 2 is 2.00 bits per heavy atom. The topological polar surface area (TPSA) is 84.2 Å². The number of anilines is 1. The van der Waals surface area contributed by atoms with E-state index in [0.29, 0.717) is 11.3 Å². The Labute approximate surface area is 100 Å². The SMILES string of the molecule is CNC(=O)c1ccc(C)c(NC(=O)[C@H](C)N)c1. The van der Waals surface area contributed by atoms with Gasteiger partial charge in [-0.05, 0) is 31.5 Å². The van der Waals surface area contributed by atoms with Gasteiger partial charge < -0.3 is 16.4 Å². The molecule has 0 saturated heterocycles. The van der Waals surface area contributed by atoms with E-state index >= 15 is 0 Å². The Bertz CT molecular complexity index is 441. The first kappa shape index (κ1) is 13.2. The lowest BCUT2D eigenvalue weighted by Gasteiger charge is -2.11. The maximum absolute atomic E-state index is 11.5. The number of nitrogens with one attached hydrogen (secondary N) is 2. The van der Waals surface area contributed by atoms with Gasteiger partial charge in [0.15, 0.2) is 0 Å². The number of benzene rings is 1. The lowest BCUT2D eigenvalue weighted by Crippen LogP contribution is -2.32. The largest absolute Gasteiger partial charge is 0.355 e. The molecule has 4 N–H and O–H groups in total. The summed E-state index contributed by atoms with van der Waals surface area (Å²) in [6.45, 7) is 3.46. The van der Waals surface area contributed by atoms with E-state index in [4.69, 9.17) is 5.73 Å². The summed E-state index contributed by atoms with van der Waals surface area (Å²) in [4.78, 5) is 22.9. The van der Waals surface area contributed by atoms with Crippen LogP contribution in [-0.2, 0) is 4.79 Å². The van der Waals surface area contributed by atoms with Gasteiger partial charge in [-0.3, -0.25) is 9.59 Å². The number of carbonyl (C=O) groups is 2. The van der Waals surface area contributed by atoms with E-state index in [0.717, 1.165) is 5.56 Å². The first-order valence-electron chi connectivity index (χ1n) is 5.35. The van der Waals surface area contributed by atoms with Crippen molar-refractivity contribution < 1.29 is 9.59 Å². The van der Waals surface area contributed by atoms with E-state index in [9.17, 15) is 9.59 Å². The average Bonchev–Trinajstić information content (AvgIpc) is 2.30. The average molecular weight is 235 g/mol. The number of rotatable bonds is 3. The number of amides is 2. The van der Waals surface area contributed by atoms with Crippen LogP contribution in [0.2, 0.25) is 0 Å². The van der Waals surface area contributed by atoms with E-state index < -0.39 is 6.04 Å². The van der Waals surface area contributed by atoms with Gasteiger partial charge in [0.05, 0.1) is 6.04 Å². The summed E-state index contributed by atoms with van der Waals surface area (Å²) < 4.78 is 0. The first-order chi connectivity index (χ1) is 7.95. The van der Waals surface area contributed by atoms with Crippen molar-refractivity contribution in [3.8, 4) is 0 Å². The third-order valence-electron chi connectivity index (χ3n) is 2.40. The lowest BCUT2D eigenvalue weighted by molar-refractivity contribution is -0.117. The molecule has 92 valence electrons. The first-order valence-corrected chi connectivity index (χ1v) is 5.35. The molecule has 0 unspecified atom stereocenters. The number of nitrogens with two attached hydrogens (primary N) is 1. The molecule has 0 saturated carbocycles. The molecule has 1 rings (SSSR count). The maximum atomic E-state index is 11.5. The van der Waals surface area contributed by atoms with Gasteiger partial charge in [0, 0.05) is 18.3 Å². The normalized spacial score (nSPS) is 11.8. The van der Waals surface area contributed by atoms with Gasteiger partial charge in [-0.25, -0.2) is 0 Å². The summed E-state index contributed by atoms with van der Waals surface area (Å²) in [5.41, 5.74) is 7.45. The fourth-order valence-electron chi connectivity index (χ4n) is 1.29. The monoisotopic (exact) mass is 235 g/mol. The Balaban J connectivity index is 2.99. The molecule has 0 radical (unpaired) electrons. The highest BCUT2D eigenvalue weighted by atomic mass is 16.2. The van der Waals surface area contributed by atoms with Gasteiger partial charge in [-0.15, -0.1) is 0 Å². The number of aryl methyl sites for hydroxylation is 1. The third-order valence-corrected chi connectivity index (χ3v) is 2.40. The highest BCUT2D eigenvalue weighted by Crippen LogP contribution is 2.17. The maximum Gasteiger partial charge on any atom is 0.251 e. The van der Waals surface area contributed by atoms with Crippen molar-refractivity contribution >= 4 is 17.5 Å². The number of carbonyl (C=O) groups excluding carboxylic acids is 2. The van der Waals surface area contributed by atoms with Crippen LogP contribution < -0.4 is 16.4 Å². The second-order valence-electron chi connectivity index (χ2n) is 3.89. The van der Waals surface area contributed by atoms with Gasteiger partial charge in [0.25, 0.3) is 5.91 Å². The molecule has 2 amide bonds. The molecule has 0 bridgehead atoms. The smallest absolute Gasteiger partial charge is 0.251 e.